The second-order valence-electron chi connectivity index (χ2n) is 4.45. The molecule has 0 aliphatic carbocycles. The number of nitrogens with zero attached hydrogens (tertiary/aromatic N) is 3. The van der Waals surface area contributed by atoms with E-state index in [0.717, 1.165) is 34.5 Å². The highest BCUT2D eigenvalue weighted by Gasteiger charge is 2.15. The topological polar surface area (TPSA) is 20.5 Å². The molecule has 3 heterocycles. The highest BCUT2D eigenvalue weighted by atomic mass is 32.2. The molecule has 3 rings (SSSR count). The lowest BCUT2D eigenvalue weighted by molar-refractivity contribution is 0.539. The third kappa shape index (κ3) is 2.52. The molecule has 2 aromatic heterocycles. The van der Waals surface area contributed by atoms with Crippen LogP contribution in [-0.2, 0) is 5.75 Å². The highest BCUT2D eigenvalue weighted by molar-refractivity contribution is 8.22. The van der Waals surface area contributed by atoms with Crippen molar-refractivity contribution in [3.63, 3.8) is 0 Å². The van der Waals surface area contributed by atoms with Gasteiger partial charge in [0, 0.05) is 31.2 Å². The maximum absolute atomic E-state index is 5.45. The Kier molecular flexibility index (Phi) is 3.52. The van der Waals surface area contributed by atoms with E-state index in [0.29, 0.717) is 0 Å². The molecule has 0 saturated carbocycles. The van der Waals surface area contributed by atoms with Crippen molar-refractivity contribution < 1.29 is 0 Å². The van der Waals surface area contributed by atoms with Crippen molar-refractivity contribution in [2.24, 2.45) is 0 Å². The summed E-state index contributed by atoms with van der Waals surface area (Å²) in [5.74, 6) is 0.858. The van der Waals surface area contributed by atoms with Crippen LogP contribution in [0.3, 0.4) is 0 Å². The van der Waals surface area contributed by atoms with Crippen LogP contribution in [0.25, 0.3) is 5.65 Å². The smallest absolute Gasteiger partial charge is 0.137 e. The van der Waals surface area contributed by atoms with Gasteiger partial charge in [-0.3, -0.25) is 0 Å². The van der Waals surface area contributed by atoms with Gasteiger partial charge >= 0.3 is 0 Å². The molecule has 0 spiro atoms. The summed E-state index contributed by atoms with van der Waals surface area (Å²) in [5.41, 5.74) is 2.09. The Morgan fingerprint density at radius 3 is 2.94 bits per heavy atom. The number of imidazole rings is 1. The molecule has 0 N–H and O–H groups in total. The number of aromatic nitrogens is 2. The predicted molar refractivity (Wildman–Crippen MR) is 79.9 cm³/mol. The summed E-state index contributed by atoms with van der Waals surface area (Å²) in [4.78, 5) is 6.88. The van der Waals surface area contributed by atoms with Crippen molar-refractivity contribution in [3.05, 3.63) is 36.3 Å². The largest absolute Gasteiger partial charge is 0.358 e. The third-order valence-electron chi connectivity index (χ3n) is 3.12. The Bertz CT molecular complexity index is 525. The van der Waals surface area contributed by atoms with Crippen LogP contribution in [0.15, 0.2) is 30.6 Å². The summed E-state index contributed by atoms with van der Waals surface area (Å²) in [5, 5.41) is 0. The minimum atomic E-state index is 0.858. The molecule has 0 amide bonds. The SMILES string of the molecule is S=C(SCc1cn2ccccc2n1)N1CCCC1. The maximum Gasteiger partial charge on any atom is 0.137 e. The molecule has 2 aromatic rings. The number of thiocarbonyl (C=S) groups is 1. The number of fused-ring (bicyclic) bond motifs is 1. The summed E-state index contributed by atoms with van der Waals surface area (Å²) >= 11 is 7.17. The van der Waals surface area contributed by atoms with Crippen LogP contribution in [0, 0.1) is 0 Å². The van der Waals surface area contributed by atoms with E-state index in [1.165, 1.54) is 12.8 Å². The van der Waals surface area contributed by atoms with Gasteiger partial charge < -0.3 is 9.30 Å². The number of hydrogen-bond donors (Lipinski definition) is 0. The molecule has 0 aromatic carbocycles. The van der Waals surface area contributed by atoms with Crippen LogP contribution >= 0.6 is 24.0 Å². The molecule has 1 aliphatic rings. The minimum absolute atomic E-state index is 0.858. The van der Waals surface area contributed by atoms with Gasteiger partial charge in [0.05, 0.1) is 5.69 Å². The van der Waals surface area contributed by atoms with Crippen molar-refractivity contribution in [1.29, 1.82) is 0 Å². The first-order valence-electron chi connectivity index (χ1n) is 6.17. The van der Waals surface area contributed by atoms with Gasteiger partial charge in [-0.1, -0.05) is 30.0 Å². The molecule has 0 unspecified atom stereocenters. The standard InChI is InChI=1S/C13H15N3S2/c17-13(15-6-3-4-7-15)18-10-11-9-16-8-2-1-5-12(16)14-11/h1-2,5,8-9H,3-4,6-7,10H2. The second-order valence-corrected chi connectivity index (χ2v) is 6.06. The van der Waals surface area contributed by atoms with Crippen molar-refractivity contribution in [2.45, 2.75) is 18.6 Å². The van der Waals surface area contributed by atoms with E-state index in [1.807, 2.05) is 24.4 Å². The molecule has 5 heteroatoms. The van der Waals surface area contributed by atoms with Gasteiger partial charge in [0.15, 0.2) is 0 Å². The molecule has 1 saturated heterocycles. The molecular formula is C13H15N3S2. The lowest BCUT2D eigenvalue weighted by Crippen LogP contribution is -2.23. The average Bonchev–Trinajstić information content (AvgIpc) is 3.04. The van der Waals surface area contributed by atoms with Gasteiger partial charge in [-0.15, -0.1) is 0 Å². The first kappa shape index (κ1) is 12.0. The van der Waals surface area contributed by atoms with E-state index in [4.69, 9.17) is 12.2 Å². The summed E-state index contributed by atoms with van der Waals surface area (Å²) in [6, 6.07) is 6.04. The molecule has 94 valence electrons. The zero-order chi connectivity index (χ0) is 12.4. The zero-order valence-corrected chi connectivity index (χ0v) is 11.7. The first-order valence-corrected chi connectivity index (χ1v) is 7.56. The molecule has 18 heavy (non-hydrogen) atoms. The number of thioether (sulfide) groups is 1. The maximum atomic E-state index is 5.45. The fraction of sp³-hybridized carbons (Fsp3) is 0.385. The van der Waals surface area contributed by atoms with Crippen LogP contribution in [0.4, 0.5) is 0 Å². The summed E-state index contributed by atoms with van der Waals surface area (Å²) in [6.45, 7) is 2.24. The lowest BCUT2D eigenvalue weighted by Gasteiger charge is -2.16. The number of hydrogen-bond acceptors (Lipinski definition) is 3. The minimum Gasteiger partial charge on any atom is -0.358 e. The molecular weight excluding hydrogens is 262 g/mol. The van der Waals surface area contributed by atoms with Gasteiger partial charge in [0.25, 0.3) is 0 Å². The zero-order valence-electron chi connectivity index (χ0n) is 10.1. The van der Waals surface area contributed by atoms with Gasteiger partial charge in [0.1, 0.15) is 9.97 Å². The average molecular weight is 277 g/mol. The van der Waals surface area contributed by atoms with Crippen LogP contribution in [0.2, 0.25) is 0 Å². The number of rotatable bonds is 2. The van der Waals surface area contributed by atoms with E-state index < -0.39 is 0 Å². The van der Waals surface area contributed by atoms with Gasteiger partial charge in [-0.2, -0.15) is 0 Å². The Morgan fingerprint density at radius 2 is 2.17 bits per heavy atom. The van der Waals surface area contributed by atoms with E-state index in [2.05, 4.69) is 20.5 Å². The van der Waals surface area contributed by atoms with E-state index in [-0.39, 0.29) is 0 Å². The number of pyridine rings is 1. The van der Waals surface area contributed by atoms with E-state index in [9.17, 15) is 0 Å². The van der Waals surface area contributed by atoms with E-state index >= 15 is 0 Å². The molecule has 1 aliphatic heterocycles. The van der Waals surface area contributed by atoms with Crippen LogP contribution < -0.4 is 0 Å². The first-order chi connectivity index (χ1) is 8.83. The van der Waals surface area contributed by atoms with Gasteiger partial charge in [0.2, 0.25) is 0 Å². The third-order valence-corrected chi connectivity index (χ3v) is 4.68. The molecule has 0 radical (unpaired) electrons. The van der Waals surface area contributed by atoms with Crippen LogP contribution in [0.1, 0.15) is 18.5 Å². The fourth-order valence-corrected chi connectivity index (χ4v) is 3.32. The second kappa shape index (κ2) is 5.28. The molecule has 0 atom stereocenters. The summed E-state index contributed by atoms with van der Waals surface area (Å²) in [7, 11) is 0. The fourth-order valence-electron chi connectivity index (χ4n) is 2.18. The Balaban J connectivity index is 1.63. The summed E-state index contributed by atoms with van der Waals surface area (Å²) < 4.78 is 3.07. The van der Waals surface area contributed by atoms with Crippen LogP contribution in [0.5, 0.6) is 0 Å². The summed E-state index contributed by atoms with van der Waals surface area (Å²) in [6.07, 6.45) is 6.65. The normalized spacial score (nSPS) is 15.4. The number of likely N-dealkylation sites (tertiary alicyclic amines) is 1. The van der Waals surface area contributed by atoms with Crippen molar-refractivity contribution in [3.8, 4) is 0 Å². The molecule has 0 bridgehead atoms. The van der Waals surface area contributed by atoms with Gasteiger partial charge in [-0.25, -0.2) is 4.98 Å². The Hall–Kier alpha value is -1.07. The van der Waals surface area contributed by atoms with Crippen LogP contribution in [-0.4, -0.2) is 31.7 Å². The van der Waals surface area contributed by atoms with Gasteiger partial charge in [-0.05, 0) is 25.0 Å². The quantitative estimate of drug-likeness (QED) is 0.786. The Morgan fingerprint density at radius 1 is 1.33 bits per heavy atom. The molecule has 1 fully saturated rings. The highest BCUT2D eigenvalue weighted by Crippen LogP contribution is 2.20. The van der Waals surface area contributed by atoms with E-state index in [1.54, 1.807) is 11.8 Å². The monoisotopic (exact) mass is 277 g/mol. The van der Waals surface area contributed by atoms with Crippen molar-refractivity contribution in [2.75, 3.05) is 13.1 Å². The predicted octanol–water partition coefficient (Wildman–Crippen LogP) is 2.95. The lowest BCUT2D eigenvalue weighted by atomic mass is 10.4. The Labute approximate surface area is 116 Å². The molecule has 3 nitrogen and oxygen atoms in total. The van der Waals surface area contributed by atoms with Crippen molar-refractivity contribution in [1.82, 2.24) is 14.3 Å². The van der Waals surface area contributed by atoms with Crippen molar-refractivity contribution >= 4 is 33.9 Å².